The highest BCUT2D eigenvalue weighted by Crippen LogP contribution is 2.32. The van der Waals surface area contributed by atoms with Crippen LogP contribution in [0.5, 0.6) is 17.2 Å². The molecule has 0 bridgehead atoms. The van der Waals surface area contributed by atoms with Crippen LogP contribution in [0.2, 0.25) is 0 Å². The number of hydrogen-bond donors (Lipinski definition) is 2. The molecule has 0 saturated heterocycles. The third-order valence-electron chi connectivity index (χ3n) is 3.15. The number of ether oxygens (including phenoxy) is 1. The topological polar surface area (TPSA) is 79.9 Å². The van der Waals surface area contributed by atoms with E-state index in [0.29, 0.717) is 11.3 Å². The Morgan fingerprint density at radius 2 is 1.71 bits per heavy atom. The number of benzene rings is 2. The molecule has 0 spiro atoms. The van der Waals surface area contributed by atoms with Crippen molar-refractivity contribution in [2.24, 2.45) is 0 Å². The Morgan fingerprint density at radius 3 is 2.38 bits per heavy atom. The van der Waals surface area contributed by atoms with Crippen molar-refractivity contribution in [1.29, 1.82) is 0 Å². The van der Waals surface area contributed by atoms with Gasteiger partial charge in [-0.15, -0.1) is 0 Å². The summed E-state index contributed by atoms with van der Waals surface area (Å²) in [5.41, 5.74) is 0.640. The first kappa shape index (κ1) is 13.1. The molecule has 3 rings (SSSR count). The van der Waals surface area contributed by atoms with Crippen LogP contribution in [0.1, 0.15) is 0 Å². The van der Waals surface area contributed by atoms with Crippen LogP contribution in [0.4, 0.5) is 0 Å². The molecule has 0 aliphatic carbocycles. The molecule has 21 heavy (non-hydrogen) atoms. The van der Waals surface area contributed by atoms with Crippen LogP contribution in [0, 0.1) is 0 Å². The van der Waals surface area contributed by atoms with Gasteiger partial charge >= 0.3 is 0 Å². The largest absolute Gasteiger partial charge is 0.508 e. The predicted molar refractivity (Wildman–Crippen MR) is 77.8 cm³/mol. The normalized spacial score (nSPS) is 10.7. The third kappa shape index (κ3) is 2.29. The van der Waals surface area contributed by atoms with Crippen molar-refractivity contribution in [2.45, 2.75) is 0 Å². The quantitative estimate of drug-likeness (QED) is 0.756. The van der Waals surface area contributed by atoms with Gasteiger partial charge in [-0.2, -0.15) is 0 Å². The van der Waals surface area contributed by atoms with Crippen LogP contribution in [0.25, 0.3) is 22.3 Å². The fourth-order valence-electron chi connectivity index (χ4n) is 2.13. The van der Waals surface area contributed by atoms with Gasteiger partial charge in [-0.3, -0.25) is 4.79 Å². The molecule has 0 saturated carbocycles. The maximum absolute atomic E-state index is 12.2. The van der Waals surface area contributed by atoms with Crippen molar-refractivity contribution in [3.63, 3.8) is 0 Å². The summed E-state index contributed by atoms with van der Waals surface area (Å²) in [7, 11) is 1.43. The van der Waals surface area contributed by atoms with E-state index in [1.165, 1.54) is 37.4 Å². The summed E-state index contributed by atoms with van der Waals surface area (Å²) in [6.07, 6.45) is 0. The van der Waals surface area contributed by atoms with E-state index < -0.39 is 0 Å². The van der Waals surface area contributed by atoms with Crippen LogP contribution < -0.4 is 10.2 Å². The van der Waals surface area contributed by atoms with E-state index in [0.717, 1.165) is 0 Å². The van der Waals surface area contributed by atoms with Crippen molar-refractivity contribution >= 4 is 11.0 Å². The monoisotopic (exact) mass is 284 g/mol. The average molecular weight is 284 g/mol. The molecule has 0 radical (unpaired) electrons. The Labute approximate surface area is 119 Å². The van der Waals surface area contributed by atoms with Crippen LogP contribution in [-0.4, -0.2) is 17.3 Å². The maximum atomic E-state index is 12.2. The number of hydrogen-bond acceptors (Lipinski definition) is 5. The van der Waals surface area contributed by atoms with E-state index in [9.17, 15) is 15.0 Å². The Bertz CT molecular complexity index is 862. The summed E-state index contributed by atoms with van der Waals surface area (Å²) >= 11 is 0. The van der Waals surface area contributed by atoms with Gasteiger partial charge < -0.3 is 19.4 Å². The van der Waals surface area contributed by atoms with Gasteiger partial charge in [-0.05, 0) is 30.3 Å². The van der Waals surface area contributed by atoms with Gasteiger partial charge in [-0.25, -0.2) is 0 Å². The molecule has 0 aliphatic rings. The Morgan fingerprint density at radius 1 is 1.00 bits per heavy atom. The second-order valence-electron chi connectivity index (χ2n) is 4.55. The summed E-state index contributed by atoms with van der Waals surface area (Å²) in [5.74, 6) is 0.702. The van der Waals surface area contributed by atoms with Crippen molar-refractivity contribution in [1.82, 2.24) is 0 Å². The first-order chi connectivity index (χ1) is 10.1. The lowest BCUT2D eigenvalue weighted by atomic mass is 10.1. The van der Waals surface area contributed by atoms with Crippen molar-refractivity contribution in [3.8, 4) is 28.6 Å². The van der Waals surface area contributed by atoms with Crippen molar-refractivity contribution in [3.05, 3.63) is 52.7 Å². The highest BCUT2D eigenvalue weighted by Gasteiger charge is 2.12. The van der Waals surface area contributed by atoms with E-state index >= 15 is 0 Å². The third-order valence-corrected chi connectivity index (χ3v) is 3.15. The molecule has 1 heterocycles. The molecule has 0 unspecified atom stereocenters. The van der Waals surface area contributed by atoms with Gasteiger partial charge in [0.2, 0.25) is 0 Å². The first-order valence-electron chi connectivity index (χ1n) is 6.23. The minimum atomic E-state index is -0.284. The summed E-state index contributed by atoms with van der Waals surface area (Å²) in [4.78, 5) is 12.2. The molecule has 5 heteroatoms. The maximum Gasteiger partial charge on any atom is 0.193 e. The lowest BCUT2D eigenvalue weighted by molar-refractivity contribution is 0.403. The fourth-order valence-corrected chi connectivity index (χ4v) is 2.13. The number of methoxy groups -OCH3 is 1. The lowest BCUT2D eigenvalue weighted by Crippen LogP contribution is -2.01. The zero-order chi connectivity index (χ0) is 15.0. The van der Waals surface area contributed by atoms with Crippen molar-refractivity contribution in [2.75, 3.05) is 7.11 Å². The number of aromatic hydroxyl groups is 2. The van der Waals surface area contributed by atoms with Crippen molar-refractivity contribution < 1.29 is 19.4 Å². The standard InChI is InChI=1S/C16H12O5/c1-20-15-7-11(18)6-12-13(19)8-14(21-16(12)15)9-2-4-10(17)5-3-9/h2-8,17-18H,1H3. The smallest absolute Gasteiger partial charge is 0.193 e. The molecule has 2 N–H and O–H groups in total. The van der Waals surface area contributed by atoms with Gasteiger partial charge in [0.25, 0.3) is 0 Å². The molecular formula is C16H12O5. The first-order valence-corrected chi connectivity index (χ1v) is 6.23. The second kappa shape index (κ2) is 4.86. The lowest BCUT2D eigenvalue weighted by Gasteiger charge is -2.07. The molecule has 0 fully saturated rings. The minimum absolute atomic E-state index is 0.0657. The van der Waals surface area contributed by atoms with Gasteiger partial charge in [-0.1, -0.05) is 0 Å². The zero-order valence-electron chi connectivity index (χ0n) is 11.2. The number of phenols is 2. The van der Waals surface area contributed by atoms with E-state index in [1.807, 2.05) is 0 Å². The molecule has 0 aliphatic heterocycles. The van der Waals surface area contributed by atoms with Gasteiger partial charge in [0.15, 0.2) is 16.8 Å². The van der Waals surface area contributed by atoms with E-state index in [-0.39, 0.29) is 33.6 Å². The molecule has 106 valence electrons. The predicted octanol–water partition coefficient (Wildman–Crippen LogP) is 2.88. The summed E-state index contributed by atoms with van der Waals surface area (Å²) in [5, 5.41) is 19.1. The van der Waals surface area contributed by atoms with Gasteiger partial charge in [0.1, 0.15) is 17.3 Å². The Hall–Kier alpha value is -2.95. The van der Waals surface area contributed by atoms with Crippen LogP contribution in [0.15, 0.2) is 51.7 Å². The van der Waals surface area contributed by atoms with Crippen LogP contribution >= 0.6 is 0 Å². The molecule has 0 amide bonds. The van der Waals surface area contributed by atoms with E-state index in [4.69, 9.17) is 9.15 Å². The molecule has 1 aromatic heterocycles. The molecule has 5 nitrogen and oxygen atoms in total. The minimum Gasteiger partial charge on any atom is -0.508 e. The summed E-state index contributed by atoms with van der Waals surface area (Å²) < 4.78 is 10.9. The van der Waals surface area contributed by atoms with E-state index in [2.05, 4.69) is 0 Å². The number of fused-ring (bicyclic) bond motifs is 1. The van der Waals surface area contributed by atoms with E-state index in [1.54, 1.807) is 12.1 Å². The fraction of sp³-hybridized carbons (Fsp3) is 0.0625. The van der Waals surface area contributed by atoms with Crippen LogP contribution in [-0.2, 0) is 0 Å². The second-order valence-corrected chi connectivity index (χ2v) is 4.55. The van der Waals surface area contributed by atoms with Gasteiger partial charge in [0, 0.05) is 17.7 Å². The SMILES string of the molecule is COc1cc(O)cc2c(=O)cc(-c3ccc(O)cc3)oc12. The highest BCUT2D eigenvalue weighted by molar-refractivity contribution is 5.85. The summed E-state index contributed by atoms with van der Waals surface area (Å²) in [6, 6.07) is 10.4. The molecule has 2 aromatic carbocycles. The summed E-state index contributed by atoms with van der Waals surface area (Å²) in [6.45, 7) is 0. The molecule has 0 atom stereocenters. The molecule has 3 aromatic rings. The number of rotatable bonds is 2. The number of phenolic OH excluding ortho intramolecular Hbond substituents is 2. The van der Waals surface area contributed by atoms with Crippen LogP contribution in [0.3, 0.4) is 0 Å². The Balaban J connectivity index is 2.29. The molecular weight excluding hydrogens is 272 g/mol. The van der Waals surface area contributed by atoms with Gasteiger partial charge in [0.05, 0.1) is 12.5 Å². The average Bonchev–Trinajstić information content (AvgIpc) is 2.48. The Kier molecular flexibility index (Phi) is 3.02. The zero-order valence-corrected chi connectivity index (χ0v) is 11.2. The highest BCUT2D eigenvalue weighted by atomic mass is 16.5.